The van der Waals surface area contributed by atoms with Crippen molar-refractivity contribution in [1.82, 2.24) is 15.3 Å². The van der Waals surface area contributed by atoms with E-state index in [1.807, 2.05) is 18.5 Å². The Morgan fingerprint density at radius 3 is 3.05 bits per heavy atom. The zero-order valence-corrected chi connectivity index (χ0v) is 12.4. The van der Waals surface area contributed by atoms with Crippen LogP contribution in [0.5, 0.6) is 0 Å². The van der Waals surface area contributed by atoms with Gasteiger partial charge in [-0.15, -0.1) is 0 Å². The molecule has 0 radical (unpaired) electrons. The van der Waals surface area contributed by atoms with Gasteiger partial charge in [0.2, 0.25) is 0 Å². The van der Waals surface area contributed by atoms with Crippen LogP contribution in [0.3, 0.4) is 0 Å². The topological polar surface area (TPSA) is 40.7 Å². The van der Waals surface area contributed by atoms with E-state index in [4.69, 9.17) is 0 Å². The highest BCUT2D eigenvalue weighted by molar-refractivity contribution is 9.10. The largest absolute Gasteiger partial charge is 0.357 e. The molecule has 0 saturated carbocycles. The predicted molar refractivity (Wildman–Crippen MR) is 83.8 cm³/mol. The summed E-state index contributed by atoms with van der Waals surface area (Å²) in [4.78, 5) is 7.82. The Morgan fingerprint density at radius 2 is 2.20 bits per heavy atom. The van der Waals surface area contributed by atoms with Crippen LogP contribution in [0.4, 0.5) is 0 Å². The third-order valence-corrected chi connectivity index (χ3v) is 4.42. The van der Waals surface area contributed by atoms with Gasteiger partial charge in [0.25, 0.3) is 0 Å². The first-order valence-corrected chi connectivity index (χ1v) is 7.55. The fourth-order valence-corrected chi connectivity index (χ4v) is 3.39. The van der Waals surface area contributed by atoms with Crippen LogP contribution in [0.25, 0.3) is 10.9 Å². The molecular formula is C16H14BrN3. The highest BCUT2D eigenvalue weighted by atomic mass is 79.9. The van der Waals surface area contributed by atoms with Crippen molar-refractivity contribution in [3.63, 3.8) is 0 Å². The van der Waals surface area contributed by atoms with Gasteiger partial charge in [-0.2, -0.15) is 0 Å². The zero-order valence-electron chi connectivity index (χ0n) is 10.9. The van der Waals surface area contributed by atoms with Gasteiger partial charge < -0.3 is 10.3 Å². The van der Waals surface area contributed by atoms with Crippen LogP contribution in [0, 0.1) is 0 Å². The van der Waals surface area contributed by atoms with Crippen molar-refractivity contribution in [2.24, 2.45) is 0 Å². The van der Waals surface area contributed by atoms with Crippen molar-refractivity contribution in [2.45, 2.75) is 12.5 Å². The normalized spacial score (nSPS) is 18.1. The molecule has 1 aromatic carbocycles. The van der Waals surface area contributed by atoms with Gasteiger partial charge in [0.05, 0.1) is 6.04 Å². The van der Waals surface area contributed by atoms with E-state index in [9.17, 15) is 0 Å². The summed E-state index contributed by atoms with van der Waals surface area (Å²) in [5.41, 5.74) is 5.11. The van der Waals surface area contributed by atoms with Crippen LogP contribution in [0.15, 0.2) is 47.2 Å². The molecule has 2 N–H and O–H groups in total. The second-order valence-corrected chi connectivity index (χ2v) is 6.05. The van der Waals surface area contributed by atoms with Crippen LogP contribution in [0.1, 0.15) is 22.9 Å². The molecule has 2 aromatic heterocycles. The van der Waals surface area contributed by atoms with Crippen molar-refractivity contribution in [3.8, 4) is 0 Å². The summed E-state index contributed by atoms with van der Waals surface area (Å²) in [6, 6.07) is 10.7. The quantitative estimate of drug-likeness (QED) is 0.717. The summed E-state index contributed by atoms with van der Waals surface area (Å²) in [7, 11) is 0. The summed E-state index contributed by atoms with van der Waals surface area (Å²) < 4.78 is 1.13. The molecule has 0 saturated heterocycles. The molecule has 20 heavy (non-hydrogen) atoms. The van der Waals surface area contributed by atoms with Crippen LogP contribution >= 0.6 is 15.9 Å². The van der Waals surface area contributed by atoms with E-state index in [1.165, 1.54) is 27.7 Å². The summed E-state index contributed by atoms with van der Waals surface area (Å²) in [5, 5.41) is 4.91. The first-order valence-electron chi connectivity index (χ1n) is 6.76. The Labute approximate surface area is 125 Å². The molecule has 4 rings (SSSR count). The summed E-state index contributed by atoms with van der Waals surface area (Å²) in [6.45, 7) is 0.992. The first kappa shape index (κ1) is 12.1. The fraction of sp³-hybridized carbons (Fsp3) is 0.188. The molecule has 1 atom stereocenters. The van der Waals surface area contributed by atoms with Gasteiger partial charge in [0, 0.05) is 40.0 Å². The molecular weight excluding hydrogens is 314 g/mol. The fourth-order valence-electron chi connectivity index (χ4n) is 3.03. The third-order valence-electron chi connectivity index (χ3n) is 3.93. The van der Waals surface area contributed by atoms with E-state index in [1.54, 1.807) is 0 Å². The molecule has 100 valence electrons. The Hall–Kier alpha value is -1.65. The standard InChI is InChI=1S/C16H14BrN3/c17-11-3-4-14-13(8-11)12-5-7-19-15(16(12)20-14)10-2-1-6-18-9-10/h1-4,6,8-9,15,19-20H,5,7H2. The molecule has 1 unspecified atom stereocenters. The number of aromatic amines is 1. The lowest BCUT2D eigenvalue weighted by atomic mass is 9.95. The minimum absolute atomic E-state index is 0.207. The number of fused-ring (bicyclic) bond motifs is 3. The molecule has 0 aliphatic carbocycles. The predicted octanol–water partition coefficient (Wildman–Crippen LogP) is 3.56. The van der Waals surface area contributed by atoms with E-state index in [-0.39, 0.29) is 6.04 Å². The smallest absolute Gasteiger partial charge is 0.0747 e. The van der Waals surface area contributed by atoms with E-state index < -0.39 is 0 Å². The number of nitrogens with one attached hydrogen (secondary N) is 2. The van der Waals surface area contributed by atoms with Crippen molar-refractivity contribution >= 4 is 26.8 Å². The van der Waals surface area contributed by atoms with Crippen LogP contribution in [-0.4, -0.2) is 16.5 Å². The molecule has 1 aliphatic rings. The molecule has 3 heterocycles. The molecule has 0 amide bonds. The summed E-state index contributed by atoms with van der Waals surface area (Å²) >= 11 is 3.57. The maximum Gasteiger partial charge on any atom is 0.0747 e. The maximum absolute atomic E-state index is 4.24. The van der Waals surface area contributed by atoms with Crippen molar-refractivity contribution in [1.29, 1.82) is 0 Å². The second kappa shape index (κ2) is 4.72. The Balaban J connectivity index is 1.91. The molecule has 0 bridgehead atoms. The number of nitrogens with zero attached hydrogens (tertiary/aromatic N) is 1. The molecule has 4 heteroatoms. The number of rotatable bonds is 1. The second-order valence-electron chi connectivity index (χ2n) is 5.13. The number of aromatic nitrogens is 2. The van der Waals surface area contributed by atoms with Gasteiger partial charge in [-0.05, 0) is 41.8 Å². The zero-order chi connectivity index (χ0) is 13.5. The lowest BCUT2D eigenvalue weighted by molar-refractivity contribution is 0.559. The minimum atomic E-state index is 0.207. The molecule has 3 nitrogen and oxygen atoms in total. The average Bonchev–Trinajstić information content (AvgIpc) is 2.86. The third kappa shape index (κ3) is 1.87. The SMILES string of the molecule is Brc1ccc2[nH]c3c(c2c1)CCNC3c1cccnc1. The molecule has 1 aliphatic heterocycles. The van der Waals surface area contributed by atoms with Gasteiger partial charge in [-0.25, -0.2) is 0 Å². The number of benzene rings is 1. The number of pyridine rings is 1. The number of H-pyrrole nitrogens is 1. The Kier molecular flexibility index (Phi) is 2.86. The monoisotopic (exact) mass is 327 g/mol. The van der Waals surface area contributed by atoms with Crippen molar-refractivity contribution in [2.75, 3.05) is 6.54 Å². The van der Waals surface area contributed by atoms with E-state index in [0.29, 0.717) is 0 Å². The number of hydrogen-bond donors (Lipinski definition) is 2. The number of hydrogen-bond acceptors (Lipinski definition) is 2. The van der Waals surface area contributed by atoms with Gasteiger partial charge >= 0.3 is 0 Å². The van der Waals surface area contributed by atoms with Gasteiger partial charge in [-0.3, -0.25) is 4.98 Å². The van der Waals surface area contributed by atoms with Crippen molar-refractivity contribution in [3.05, 3.63) is 64.0 Å². The van der Waals surface area contributed by atoms with Gasteiger partial charge in [0.1, 0.15) is 0 Å². The Bertz CT molecular complexity index is 764. The van der Waals surface area contributed by atoms with Gasteiger partial charge in [0.15, 0.2) is 0 Å². The summed E-state index contributed by atoms with van der Waals surface area (Å²) in [6.07, 6.45) is 4.81. The van der Waals surface area contributed by atoms with Crippen LogP contribution in [0.2, 0.25) is 0 Å². The lowest BCUT2D eigenvalue weighted by Gasteiger charge is -2.24. The van der Waals surface area contributed by atoms with Crippen LogP contribution in [-0.2, 0) is 6.42 Å². The Morgan fingerprint density at radius 1 is 1.25 bits per heavy atom. The lowest BCUT2D eigenvalue weighted by Crippen LogP contribution is -2.30. The first-order chi connectivity index (χ1) is 9.83. The minimum Gasteiger partial charge on any atom is -0.357 e. The summed E-state index contributed by atoms with van der Waals surface area (Å²) in [5.74, 6) is 0. The number of halogens is 1. The van der Waals surface area contributed by atoms with E-state index in [2.05, 4.69) is 55.5 Å². The van der Waals surface area contributed by atoms with Crippen LogP contribution < -0.4 is 5.32 Å². The molecule has 0 spiro atoms. The molecule has 3 aromatic rings. The van der Waals surface area contributed by atoms with Gasteiger partial charge in [-0.1, -0.05) is 22.0 Å². The highest BCUT2D eigenvalue weighted by Gasteiger charge is 2.25. The average molecular weight is 328 g/mol. The van der Waals surface area contributed by atoms with E-state index in [0.717, 1.165) is 17.4 Å². The molecule has 0 fully saturated rings. The van der Waals surface area contributed by atoms with E-state index >= 15 is 0 Å². The highest BCUT2D eigenvalue weighted by Crippen LogP contribution is 2.34. The van der Waals surface area contributed by atoms with Crippen molar-refractivity contribution < 1.29 is 0 Å². The maximum atomic E-state index is 4.24.